The first kappa shape index (κ1) is 29.5. The maximum absolute atomic E-state index is 13.8. The highest BCUT2D eigenvalue weighted by Gasteiger charge is 2.69. The van der Waals surface area contributed by atoms with Gasteiger partial charge in [0.2, 0.25) is 5.91 Å². The summed E-state index contributed by atoms with van der Waals surface area (Å²) >= 11 is 0. The number of piperidine rings is 1. The summed E-state index contributed by atoms with van der Waals surface area (Å²) in [6.45, 7) is 13.3. The Kier molecular flexibility index (Phi) is 7.90. The molecule has 3 aromatic carbocycles. The number of hydrogen-bond donors (Lipinski definition) is 2. The molecular weight excluding hydrogens is 526 g/mol. The normalized spacial score (nSPS) is 28.7. The smallest absolute Gasteiger partial charge is 0.261 e. The van der Waals surface area contributed by atoms with Crippen molar-refractivity contribution in [3.8, 4) is 0 Å². The first-order chi connectivity index (χ1) is 19.5. The number of allylic oxidation sites excluding steroid dienone is 1. The number of nitrogens with one attached hydrogen (secondary N) is 1. The number of ether oxygens (including phenoxy) is 1. The largest absolute Gasteiger partial charge is 0.407 e. The fraction of sp³-hybridized carbons (Fsp3) is 0.400. The van der Waals surface area contributed by atoms with E-state index in [0.29, 0.717) is 6.54 Å². The lowest BCUT2D eigenvalue weighted by atomic mass is 9.65. The van der Waals surface area contributed by atoms with Crippen LogP contribution in [0.5, 0.6) is 0 Å². The lowest BCUT2D eigenvalue weighted by molar-refractivity contribution is -0.228. The van der Waals surface area contributed by atoms with E-state index in [1.165, 1.54) is 10.4 Å². The molecule has 0 aromatic heterocycles. The molecule has 5 atom stereocenters. The molecule has 0 aliphatic carbocycles. The molecule has 3 unspecified atom stereocenters. The molecule has 1 amide bonds. The van der Waals surface area contributed by atoms with E-state index < -0.39 is 37.5 Å². The van der Waals surface area contributed by atoms with Gasteiger partial charge in [0.1, 0.15) is 5.92 Å². The average molecular weight is 570 g/mol. The van der Waals surface area contributed by atoms with Gasteiger partial charge in [-0.3, -0.25) is 4.79 Å². The van der Waals surface area contributed by atoms with Crippen LogP contribution in [0.25, 0.3) is 0 Å². The Balaban J connectivity index is 1.64. The van der Waals surface area contributed by atoms with Crippen molar-refractivity contribution in [2.75, 3.05) is 13.2 Å². The molecule has 0 spiro atoms. The number of aliphatic hydroxyl groups is 1. The van der Waals surface area contributed by atoms with Crippen molar-refractivity contribution in [2.24, 2.45) is 11.3 Å². The van der Waals surface area contributed by atoms with E-state index in [1.54, 1.807) is 0 Å². The highest BCUT2D eigenvalue weighted by molar-refractivity contribution is 6.99. The summed E-state index contributed by atoms with van der Waals surface area (Å²) < 4.78 is 14.1. The molecular formula is C35H43NO4Si. The van der Waals surface area contributed by atoms with E-state index in [0.717, 1.165) is 11.1 Å². The summed E-state index contributed by atoms with van der Waals surface area (Å²) in [5.41, 5.74) is 1.07. The second-order valence-electron chi connectivity index (χ2n) is 12.9. The molecule has 2 aliphatic heterocycles. The van der Waals surface area contributed by atoms with Gasteiger partial charge in [-0.25, -0.2) is 0 Å². The standard InChI is InChI=1S/C35H43NO4Si/c1-7-25(2)31-34(6,30-32(37)36-23-29(35(30,38)40-31)26-17-11-8-12-18-26)24-39-41(33(3,4)5,27-19-13-9-14-20-27)28-21-15-10-16-22-28/h7-22,29-31,38H,23-24H2,1-6H3,(H,36,37)/b25-7+/t29?,30?,31-,34-,35?/m0/s1. The maximum Gasteiger partial charge on any atom is 0.261 e. The van der Waals surface area contributed by atoms with Gasteiger partial charge in [-0.2, -0.15) is 0 Å². The first-order valence-corrected chi connectivity index (χ1v) is 16.5. The summed E-state index contributed by atoms with van der Waals surface area (Å²) in [7, 11) is -2.91. The van der Waals surface area contributed by atoms with Gasteiger partial charge < -0.3 is 19.6 Å². The third-order valence-corrected chi connectivity index (χ3v) is 14.3. The van der Waals surface area contributed by atoms with Crippen LogP contribution in [0.1, 0.15) is 53.0 Å². The van der Waals surface area contributed by atoms with Crippen LogP contribution >= 0.6 is 0 Å². The van der Waals surface area contributed by atoms with Crippen molar-refractivity contribution in [2.45, 2.75) is 64.4 Å². The molecule has 5 nitrogen and oxygen atoms in total. The minimum absolute atomic E-state index is 0.195. The molecule has 2 fully saturated rings. The van der Waals surface area contributed by atoms with Crippen molar-refractivity contribution < 1.29 is 19.1 Å². The SMILES string of the molecule is C/C=C(\C)[C@@H]1OC2(O)C(c3ccccc3)CNC(=O)C2[C@]1(C)CO[Si](c1ccccc1)(c1ccccc1)C(C)(C)C. The van der Waals surface area contributed by atoms with Crippen molar-refractivity contribution in [1.82, 2.24) is 5.32 Å². The Morgan fingerprint density at radius 3 is 2.00 bits per heavy atom. The van der Waals surface area contributed by atoms with E-state index in [1.807, 2.05) is 62.4 Å². The fourth-order valence-corrected chi connectivity index (χ4v) is 11.9. The Morgan fingerprint density at radius 1 is 1.00 bits per heavy atom. The zero-order valence-corrected chi connectivity index (χ0v) is 26.1. The molecule has 2 heterocycles. The molecule has 2 saturated heterocycles. The Morgan fingerprint density at radius 2 is 1.51 bits per heavy atom. The number of amides is 1. The monoisotopic (exact) mass is 569 g/mol. The molecule has 5 rings (SSSR count). The quantitative estimate of drug-likeness (QED) is 0.305. The van der Waals surface area contributed by atoms with Crippen LogP contribution in [0.2, 0.25) is 5.04 Å². The highest BCUT2D eigenvalue weighted by atomic mass is 28.4. The van der Waals surface area contributed by atoms with Crippen molar-refractivity contribution in [3.63, 3.8) is 0 Å². The van der Waals surface area contributed by atoms with E-state index in [9.17, 15) is 9.90 Å². The summed E-state index contributed by atoms with van der Waals surface area (Å²) in [5.74, 6) is -3.11. The molecule has 2 N–H and O–H groups in total. The van der Waals surface area contributed by atoms with Gasteiger partial charge in [0.25, 0.3) is 8.32 Å². The Labute approximate surface area is 245 Å². The molecule has 0 radical (unpaired) electrons. The zero-order chi connectivity index (χ0) is 29.5. The van der Waals surface area contributed by atoms with Gasteiger partial charge in [-0.15, -0.1) is 0 Å². The van der Waals surface area contributed by atoms with Gasteiger partial charge in [-0.1, -0.05) is 125 Å². The summed E-state index contributed by atoms with van der Waals surface area (Å²) in [4.78, 5) is 13.8. The van der Waals surface area contributed by atoms with Gasteiger partial charge in [0.05, 0.1) is 12.0 Å². The van der Waals surface area contributed by atoms with Gasteiger partial charge in [0.15, 0.2) is 5.79 Å². The molecule has 0 bridgehead atoms. The second-order valence-corrected chi connectivity index (χ2v) is 17.2. The summed E-state index contributed by atoms with van der Waals surface area (Å²) in [6, 6.07) is 30.9. The average Bonchev–Trinajstić information content (AvgIpc) is 3.22. The predicted molar refractivity (Wildman–Crippen MR) is 167 cm³/mol. The fourth-order valence-electron chi connectivity index (χ4n) is 7.23. The van der Waals surface area contributed by atoms with Crippen LogP contribution in [-0.4, -0.2) is 44.4 Å². The van der Waals surface area contributed by atoms with Crippen LogP contribution in [-0.2, 0) is 14.0 Å². The number of rotatable bonds is 7. The van der Waals surface area contributed by atoms with Crippen LogP contribution in [0.3, 0.4) is 0 Å². The number of carbonyl (C=O) groups excluding carboxylic acids is 1. The van der Waals surface area contributed by atoms with E-state index >= 15 is 0 Å². The molecule has 41 heavy (non-hydrogen) atoms. The van der Waals surface area contributed by atoms with Gasteiger partial charge in [-0.05, 0) is 40.4 Å². The van der Waals surface area contributed by atoms with Crippen LogP contribution in [0.4, 0.5) is 0 Å². The van der Waals surface area contributed by atoms with Crippen LogP contribution in [0, 0.1) is 11.3 Å². The molecule has 2 aliphatic rings. The Bertz CT molecular complexity index is 1350. The topological polar surface area (TPSA) is 67.8 Å². The number of hydrogen-bond acceptors (Lipinski definition) is 4. The highest BCUT2D eigenvalue weighted by Crippen LogP contribution is 2.57. The lowest BCUT2D eigenvalue weighted by Crippen LogP contribution is -2.68. The molecule has 3 aromatic rings. The third kappa shape index (κ3) is 4.81. The van der Waals surface area contributed by atoms with Crippen LogP contribution < -0.4 is 15.7 Å². The van der Waals surface area contributed by atoms with E-state index in [-0.39, 0.29) is 17.6 Å². The third-order valence-electron chi connectivity index (χ3n) is 9.31. The van der Waals surface area contributed by atoms with Crippen molar-refractivity contribution in [1.29, 1.82) is 0 Å². The Hall–Kier alpha value is -3.03. The number of fused-ring (bicyclic) bond motifs is 1. The van der Waals surface area contributed by atoms with Crippen molar-refractivity contribution >= 4 is 24.6 Å². The second kappa shape index (κ2) is 11.0. The predicted octanol–water partition coefficient (Wildman–Crippen LogP) is 5.15. The summed E-state index contributed by atoms with van der Waals surface area (Å²) in [6.07, 6.45) is 1.51. The summed E-state index contributed by atoms with van der Waals surface area (Å²) in [5, 5.41) is 17.6. The van der Waals surface area contributed by atoms with E-state index in [4.69, 9.17) is 9.16 Å². The first-order valence-electron chi connectivity index (χ1n) is 14.6. The van der Waals surface area contributed by atoms with Gasteiger partial charge in [0, 0.05) is 18.6 Å². The van der Waals surface area contributed by atoms with Gasteiger partial charge >= 0.3 is 0 Å². The maximum atomic E-state index is 13.8. The number of benzene rings is 3. The minimum Gasteiger partial charge on any atom is -0.407 e. The number of carbonyl (C=O) groups is 1. The van der Waals surface area contributed by atoms with Crippen molar-refractivity contribution in [3.05, 3.63) is 108 Å². The molecule has 6 heteroatoms. The van der Waals surface area contributed by atoms with Crippen LogP contribution in [0.15, 0.2) is 103 Å². The zero-order valence-electron chi connectivity index (χ0n) is 25.1. The minimum atomic E-state index is -2.91. The molecule has 0 saturated carbocycles. The van der Waals surface area contributed by atoms with E-state index in [2.05, 4.69) is 81.5 Å². The lowest BCUT2D eigenvalue weighted by Gasteiger charge is -2.47. The molecule has 216 valence electrons.